The van der Waals surface area contributed by atoms with Gasteiger partial charge in [-0.2, -0.15) is 0 Å². The van der Waals surface area contributed by atoms with Crippen molar-refractivity contribution in [1.29, 1.82) is 0 Å². The summed E-state index contributed by atoms with van der Waals surface area (Å²) in [6.45, 7) is 2.70. The molecule has 0 aromatic carbocycles. The minimum absolute atomic E-state index is 0.0442. The summed E-state index contributed by atoms with van der Waals surface area (Å²) < 4.78 is 0. The quantitative estimate of drug-likeness (QED) is 0.910. The van der Waals surface area contributed by atoms with E-state index in [1.807, 2.05) is 18.9 Å². The Balaban J connectivity index is 2.01. The molecule has 1 aliphatic carbocycles. The summed E-state index contributed by atoms with van der Waals surface area (Å²) >= 11 is 0. The zero-order valence-corrected chi connectivity index (χ0v) is 11.9. The number of aryl methyl sites for hydroxylation is 1. The van der Waals surface area contributed by atoms with Gasteiger partial charge in [-0.15, -0.1) is 0 Å². The smallest absolute Gasteiger partial charge is 0.253 e. The van der Waals surface area contributed by atoms with Crippen LogP contribution in [0.3, 0.4) is 0 Å². The molecule has 0 unspecified atom stereocenters. The van der Waals surface area contributed by atoms with Crippen molar-refractivity contribution in [1.82, 2.24) is 9.88 Å². The SMILES string of the molecule is Cc1cc(C(=O)N(C)CC2CCCCC2)cc(N)n1. The van der Waals surface area contributed by atoms with Crippen molar-refractivity contribution < 1.29 is 4.79 Å². The molecular weight excluding hydrogens is 238 g/mol. The Bertz CT molecular complexity index is 432. The van der Waals surface area contributed by atoms with Gasteiger partial charge in [0.2, 0.25) is 0 Å². The van der Waals surface area contributed by atoms with E-state index >= 15 is 0 Å². The van der Waals surface area contributed by atoms with Crippen LogP contribution >= 0.6 is 0 Å². The second kappa shape index (κ2) is 6.04. The molecule has 1 aliphatic rings. The van der Waals surface area contributed by atoms with Crippen LogP contribution in [0.2, 0.25) is 0 Å². The van der Waals surface area contributed by atoms with E-state index < -0.39 is 0 Å². The molecule has 2 rings (SSSR count). The van der Waals surface area contributed by atoms with Crippen LogP contribution in [0.15, 0.2) is 12.1 Å². The van der Waals surface area contributed by atoms with Gasteiger partial charge in [0.05, 0.1) is 0 Å². The number of nitrogen functional groups attached to an aromatic ring is 1. The second-order valence-corrected chi connectivity index (χ2v) is 5.61. The molecular formula is C15H23N3O. The number of amides is 1. The zero-order chi connectivity index (χ0) is 13.8. The topological polar surface area (TPSA) is 59.2 Å². The summed E-state index contributed by atoms with van der Waals surface area (Å²) in [4.78, 5) is 18.3. The van der Waals surface area contributed by atoms with Crippen LogP contribution in [0.25, 0.3) is 0 Å². The Morgan fingerprint density at radius 3 is 2.68 bits per heavy atom. The Morgan fingerprint density at radius 2 is 2.05 bits per heavy atom. The highest BCUT2D eigenvalue weighted by Gasteiger charge is 2.19. The fourth-order valence-electron chi connectivity index (χ4n) is 2.88. The van der Waals surface area contributed by atoms with Crippen LogP contribution in [0, 0.1) is 12.8 Å². The Morgan fingerprint density at radius 1 is 1.37 bits per heavy atom. The molecule has 0 saturated heterocycles. The van der Waals surface area contributed by atoms with Crippen molar-refractivity contribution in [3.63, 3.8) is 0 Å². The Kier molecular flexibility index (Phi) is 4.40. The average Bonchev–Trinajstić information content (AvgIpc) is 2.37. The van der Waals surface area contributed by atoms with Crippen LogP contribution in [0.1, 0.15) is 48.2 Å². The molecule has 104 valence electrons. The molecule has 0 spiro atoms. The van der Waals surface area contributed by atoms with Crippen LogP contribution in [0.4, 0.5) is 5.82 Å². The number of hydrogen-bond acceptors (Lipinski definition) is 3. The number of anilines is 1. The second-order valence-electron chi connectivity index (χ2n) is 5.61. The monoisotopic (exact) mass is 261 g/mol. The molecule has 0 atom stereocenters. The normalized spacial score (nSPS) is 16.3. The van der Waals surface area contributed by atoms with Crippen molar-refractivity contribution in [2.24, 2.45) is 5.92 Å². The molecule has 1 aromatic heterocycles. The maximum atomic E-state index is 12.4. The number of rotatable bonds is 3. The summed E-state index contributed by atoms with van der Waals surface area (Å²) in [5, 5.41) is 0. The minimum Gasteiger partial charge on any atom is -0.384 e. The summed E-state index contributed by atoms with van der Waals surface area (Å²) in [6, 6.07) is 3.46. The van der Waals surface area contributed by atoms with Gasteiger partial charge in [-0.05, 0) is 37.8 Å². The van der Waals surface area contributed by atoms with Crippen molar-refractivity contribution in [2.75, 3.05) is 19.3 Å². The molecule has 1 heterocycles. The van der Waals surface area contributed by atoms with Crippen LogP contribution < -0.4 is 5.73 Å². The first-order chi connectivity index (χ1) is 9.06. The molecule has 4 nitrogen and oxygen atoms in total. The first kappa shape index (κ1) is 13.8. The summed E-state index contributed by atoms with van der Waals surface area (Å²) in [5.41, 5.74) is 7.13. The van der Waals surface area contributed by atoms with Gasteiger partial charge in [0.1, 0.15) is 5.82 Å². The molecule has 1 amide bonds. The number of hydrogen-bond donors (Lipinski definition) is 1. The van der Waals surface area contributed by atoms with E-state index in [1.54, 1.807) is 12.1 Å². The van der Waals surface area contributed by atoms with E-state index in [0.29, 0.717) is 17.3 Å². The van der Waals surface area contributed by atoms with Gasteiger partial charge in [-0.1, -0.05) is 19.3 Å². The summed E-state index contributed by atoms with van der Waals surface area (Å²) in [7, 11) is 1.88. The zero-order valence-electron chi connectivity index (χ0n) is 11.9. The Labute approximate surface area is 115 Å². The first-order valence-electron chi connectivity index (χ1n) is 7.06. The molecule has 1 fully saturated rings. The highest BCUT2D eigenvalue weighted by atomic mass is 16.2. The van der Waals surface area contributed by atoms with Gasteiger partial charge in [0.25, 0.3) is 5.91 Å². The highest BCUT2D eigenvalue weighted by Crippen LogP contribution is 2.24. The molecule has 1 aromatic rings. The van der Waals surface area contributed by atoms with Crippen LogP contribution in [-0.4, -0.2) is 29.4 Å². The van der Waals surface area contributed by atoms with E-state index in [1.165, 1.54) is 32.1 Å². The summed E-state index contributed by atoms with van der Waals surface area (Å²) in [6.07, 6.45) is 6.43. The van der Waals surface area contributed by atoms with Gasteiger partial charge in [-0.3, -0.25) is 4.79 Å². The van der Waals surface area contributed by atoms with Crippen molar-refractivity contribution in [3.05, 3.63) is 23.4 Å². The fourth-order valence-corrected chi connectivity index (χ4v) is 2.88. The number of carbonyl (C=O) groups is 1. The minimum atomic E-state index is 0.0442. The number of nitrogens with two attached hydrogens (primary N) is 1. The molecule has 2 N–H and O–H groups in total. The lowest BCUT2D eigenvalue weighted by Crippen LogP contribution is -2.32. The van der Waals surface area contributed by atoms with Gasteiger partial charge < -0.3 is 10.6 Å². The molecule has 0 aliphatic heterocycles. The van der Waals surface area contributed by atoms with E-state index in [9.17, 15) is 4.79 Å². The molecule has 1 saturated carbocycles. The highest BCUT2D eigenvalue weighted by molar-refractivity contribution is 5.94. The third-order valence-electron chi connectivity index (χ3n) is 3.82. The standard InChI is InChI=1S/C15H23N3O/c1-11-8-13(9-14(16)17-11)15(19)18(2)10-12-6-4-3-5-7-12/h8-9,12H,3-7,10H2,1-2H3,(H2,16,17). The first-order valence-corrected chi connectivity index (χ1v) is 7.06. The van der Waals surface area contributed by atoms with Crippen molar-refractivity contribution in [2.45, 2.75) is 39.0 Å². The van der Waals surface area contributed by atoms with E-state index in [2.05, 4.69) is 4.98 Å². The van der Waals surface area contributed by atoms with E-state index in [-0.39, 0.29) is 5.91 Å². The molecule has 0 bridgehead atoms. The lowest BCUT2D eigenvalue weighted by molar-refractivity contribution is 0.0760. The number of pyridine rings is 1. The average molecular weight is 261 g/mol. The lowest BCUT2D eigenvalue weighted by atomic mass is 9.89. The van der Waals surface area contributed by atoms with E-state index in [4.69, 9.17) is 5.73 Å². The number of carbonyl (C=O) groups excluding carboxylic acids is 1. The van der Waals surface area contributed by atoms with Gasteiger partial charge in [0, 0.05) is 24.8 Å². The largest absolute Gasteiger partial charge is 0.384 e. The van der Waals surface area contributed by atoms with Crippen LogP contribution in [0.5, 0.6) is 0 Å². The van der Waals surface area contributed by atoms with Gasteiger partial charge in [0.15, 0.2) is 0 Å². The Hall–Kier alpha value is -1.58. The maximum Gasteiger partial charge on any atom is 0.253 e. The fraction of sp³-hybridized carbons (Fsp3) is 0.600. The predicted octanol–water partition coefficient (Wildman–Crippen LogP) is 2.62. The molecule has 19 heavy (non-hydrogen) atoms. The van der Waals surface area contributed by atoms with Crippen molar-refractivity contribution >= 4 is 11.7 Å². The third-order valence-corrected chi connectivity index (χ3v) is 3.82. The predicted molar refractivity (Wildman–Crippen MR) is 76.9 cm³/mol. The number of aromatic nitrogens is 1. The maximum absolute atomic E-state index is 12.4. The van der Waals surface area contributed by atoms with Crippen LogP contribution in [-0.2, 0) is 0 Å². The van der Waals surface area contributed by atoms with Gasteiger partial charge >= 0.3 is 0 Å². The van der Waals surface area contributed by atoms with Gasteiger partial charge in [-0.25, -0.2) is 4.98 Å². The molecule has 4 heteroatoms. The van der Waals surface area contributed by atoms with E-state index in [0.717, 1.165) is 12.2 Å². The third kappa shape index (κ3) is 3.69. The lowest BCUT2D eigenvalue weighted by Gasteiger charge is -2.27. The summed E-state index contributed by atoms with van der Waals surface area (Å²) in [5.74, 6) is 1.11. The number of nitrogens with zero attached hydrogens (tertiary/aromatic N) is 2. The molecule has 0 radical (unpaired) electrons. The van der Waals surface area contributed by atoms with Crippen molar-refractivity contribution in [3.8, 4) is 0 Å².